The van der Waals surface area contributed by atoms with Gasteiger partial charge in [0.2, 0.25) is 0 Å². The minimum absolute atomic E-state index is 0.0153. The molecule has 0 aliphatic heterocycles. The Morgan fingerprint density at radius 1 is 1.23 bits per heavy atom. The molecule has 0 radical (unpaired) electrons. The van der Waals surface area contributed by atoms with Crippen LogP contribution in [0.3, 0.4) is 0 Å². The van der Waals surface area contributed by atoms with E-state index in [2.05, 4.69) is 10.5 Å². The molecular formula is C14H14N4O4. The molecule has 0 aliphatic rings. The molecule has 114 valence electrons. The van der Waals surface area contributed by atoms with E-state index >= 15 is 0 Å². The highest BCUT2D eigenvalue weighted by Gasteiger charge is 2.12. The summed E-state index contributed by atoms with van der Waals surface area (Å²) in [6, 6.07) is 7.49. The summed E-state index contributed by atoms with van der Waals surface area (Å²) < 4.78 is 1.94. The van der Waals surface area contributed by atoms with Crippen molar-refractivity contribution in [3.05, 3.63) is 62.4 Å². The number of phenols is 1. The van der Waals surface area contributed by atoms with Crippen LogP contribution in [0.15, 0.2) is 45.0 Å². The van der Waals surface area contributed by atoms with Gasteiger partial charge in [0.25, 0.3) is 11.5 Å². The Hall–Kier alpha value is -3.16. The third-order valence-electron chi connectivity index (χ3n) is 3.07. The van der Waals surface area contributed by atoms with Crippen molar-refractivity contribution in [2.24, 2.45) is 19.2 Å². The molecule has 0 saturated carbocycles. The molecule has 0 unspecified atom stereocenters. The number of nitrogens with zero attached hydrogens (tertiary/aromatic N) is 3. The van der Waals surface area contributed by atoms with E-state index in [1.54, 1.807) is 18.2 Å². The summed E-state index contributed by atoms with van der Waals surface area (Å²) in [5.41, 5.74) is 1.32. The molecule has 1 aromatic heterocycles. The number of para-hydroxylation sites is 1. The first-order chi connectivity index (χ1) is 10.4. The maximum Gasteiger partial charge on any atom is 0.331 e. The topological polar surface area (TPSA) is 106 Å². The number of benzene rings is 1. The smallest absolute Gasteiger partial charge is 0.331 e. The Labute approximate surface area is 125 Å². The van der Waals surface area contributed by atoms with Crippen LogP contribution in [0.1, 0.15) is 16.1 Å². The number of aromatic hydroxyl groups is 1. The number of carbonyl (C=O) groups is 1. The van der Waals surface area contributed by atoms with Gasteiger partial charge in [-0.25, -0.2) is 10.2 Å². The minimum atomic E-state index is -0.705. The van der Waals surface area contributed by atoms with Gasteiger partial charge in [0, 0.05) is 25.7 Å². The second-order valence-corrected chi connectivity index (χ2v) is 4.53. The van der Waals surface area contributed by atoms with Gasteiger partial charge in [-0.15, -0.1) is 0 Å². The van der Waals surface area contributed by atoms with Crippen LogP contribution in [0.25, 0.3) is 0 Å². The quantitative estimate of drug-likeness (QED) is 0.592. The number of carbonyl (C=O) groups excluding carboxylic acids is 1. The van der Waals surface area contributed by atoms with Crippen molar-refractivity contribution < 1.29 is 9.90 Å². The van der Waals surface area contributed by atoms with Crippen LogP contribution in [0.2, 0.25) is 0 Å². The number of aromatic nitrogens is 2. The van der Waals surface area contributed by atoms with Gasteiger partial charge in [0.1, 0.15) is 11.4 Å². The zero-order valence-corrected chi connectivity index (χ0v) is 12.0. The van der Waals surface area contributed by atoms with Crippen molar-refractivity contribution in [3.63, 3.8) is 0 Å². The lowest BCUT2D eigenvalue weighted by Gasteiger charge is -2.07. The fourth-order valence-corrected chi connectivity index (χ4v) is 1.77. The van der Waals surface area contributed by atoms with E-state index < -0.39 is 17.2 Å². The fourth-order valence-electron chi connectivity index (χ4n) is 1.77. The number of amides is 1. The van der Waals surface area contributed by atoms with Gasteiger partial charge in [-0.05, 0) is 12.1 Å². The van der Waals surface area contributed by atoms with Crippen LogP contribution in [0.5, 0.6) is 5.75 Å². The molecule has 0 bridgehead atoms. The first-order valence-corrected chi connectivity index (χ1v) is 6.30. The van der Waals surface area contributed by atoms with Gasteiger partial charge in [-0.1, -0.05) is 12.1 Å². The Balaban J connectivity index is 2.23. The summed E-state index contributed by atoms with van der Waals surface area (Å²) in [7, 11) is 2.70. The van der Waals surface area contributed by atoms with Gasteiger partial charge in [-0.2, -0.15) is 5.10 Å². The second kappa shape index (κ2) is 6.08. The molecule has 2 rings (SSSR count). The fraction of sp³-hybridized carbons (Fsp3) is 0.143. The van der Waals surface area contributed by atoms with Gasteiger partial charge in [0.15, 0.2) is 0 Å². The second-order valence-electron chi connectivity index (χ2n) is 4.53. The Morgan fingerprint density at radius 2 is 1.91 bits per heavy atom. The summed E-state index contributed by atoms with van der Waals surface area (Å²) in [6.07, 6.45) is 1.26. The van der Waals surface area contributed by atoms with Crippen molar-refractivity contribution in [2.75, 3.05) is 0 Å². The predicted molar refractivity (Wildman–Crippen MR) is 80.1 cm³/mol. The van der Waals surface area contributed by atoms with Crippen LogP contribution in [0.4, 0.5) is 0 Å². The molecule has 0 spiro atoms. The monoisotopic (exact) mass is 302 g/mol. The highest BCUT2D eigenvalue weighted by Crippen LogP contribution is 2.12. The standard InChI is InChI=1S/C14H14N4O4/c1-17-10(7-12(20)18(2)14(17)22)13(21)16-15-8-9-5-3-4-6-11(9)19/h3-8,19H,1-2H3,(H,16,21). The molecule has 0 fully saturated rings. The average Bonchev–Trinajstić information content (AvgIpc) is 2.50. The molecule has 0 atom stereocenters. The Bertz CT molecular complexity index is 864. The number of hydrogen-bond donors (Lipinski definition) is 2. The number of hydrazone groups is 1. The molecule has 8 nitrogen and oxygen atoms in total. The zero-order chi connectivity index (χ0) is 16.3. The summed E-state index contributed by atoms with van der Waals surface area (Å²) in [6.45, 7) is 0. The maximum atomic E-state index is 12.0. The van der Waals surface area contributed by atoms with Gasteiger partial charge >= 0.3 is 5.69 Å². The number of nitrogens with one attached hydrogen (secondary N) is 1. The highest BCUT2D eigenvalue weighted by atomic mass is 16.3. The summed E-state index contributed by atoms with van der Waals surface area (Å²) in [5.74, 6) is -0.689. The molecule has 22 heavy (non-hydrogen) atoms. The summed E-state index contributed by atoms with van der Waals surface area (Å²) >= 11 is 0. The van der Waals surface area contributed by atoms with E-state index in [4.69, 9.17) is 0 Å². The van der Waals surface area contributed by atoms with E-state index in [0.29, 0.717) is 5.56 Å². The molecule has 0 saturated heterocycles. The predicted octanol–water partition coefficient (Wildman–Crippen LogP) is -0.447. The van der Waals surface area contributed by atoms with Crippen LogP contribution in [-0.4, -0.2) is 26.4 Å². The number of hydrogen-bond acceptors (Lipinski definition) is 5. The van der Waals surface area contributed by atoms with Crippen LogP contribution in [-0.2, 0) is 14.1 Å². The largest absolute Gasteiger partial charge is 0.507 e. The summed E-state index contributed by atoms with van der Waals surface area (Å²) in [5, 5.41) is 13.2. The normalized spacial score (nSPS) is 10.8. The molecule has 2 N–H and O–H groups in total. The number of phenolic OH excluding ortho intramolecular Hbond substituents is 1. The first-order valence-electron chi connectivity index (χ1n) is 6.30. The molecule has 1 amide bonds. The molecular weight excluding hydrogens is 288 g/mol. The molecule has 0 aliphatic carbocycles. The van der Waals surface area contributed by atoms with Crippen molar-refractivity contribution in [2.45, 2.75) is 0 Å². The summed E-state index contributed by atoms with van der Waals surface area (Å²) in [4.78, 5) is 35.2. The zero-order valence-electron chi connectivity index (χ0n) is 12.0. The van der Waals surface area contributed by atoms with E-state index in [9.17, 15) is 19.5 Å². The van der Waals surface area contributed by atoms with E-state index in [1.807, 2.05) is 0 Å². The lowest BCUT2D eigenvalue weighted by molar-refractivity contribution is 0.0945. The molecule has 8 heteroatoms. The Morgan fingerprint density at radius 3 is 2.59 bits per heavy atom. The average molecular weight is 302 g/mol. The maximum absolute atomic E-state index is 12.0. The SMILES string of the molecule is Cn1c(C(=O)NN=Cc2ccccc2O)cc(=O)n(C)c1=O. The van der Waals surface area contributed by atoms with Crippen molar-refractivity contribution in [1.82, 2.24) is 14.6 Å². The van der Waals surface area contributed by atoms with Crippen molar-refractivity contribution in [1.29, 1.82) is 0 Å². The lowest BCUT2D eigenvalue weighted by Crippen LogP contribution is -2.40. The van der Waals surface area contributed by atoms with E-state index in [-0.39, 0.29) is 11.4 Å². The number of rotatable bonds is 3. The highest BCUT2D eigenvalue weighted by molar-refractivity contribution is 5.93. The third kappa shape index (κ3) is 2.95. The van der Waals surface area contributed by atoms with Crippen molar-refractivity contribution in [3.8, 4) is 5.75 Å². The van der Waals surface area contributed by atoms with Crippen molar-refractivity contribution >= 4 is 12.1 Å². The van der Waals surface area contributed by atoms with E-state index in [0.717, 1.165) is 15.2 Å². The van der Waals surface area contributed by atoms with Crippen LogP contribution < -0.4 is 16.7 Å². The lowest BCUT2D eigenvalue weighted by atomic mass is 10.2. The van der Waals surface area contributed by atoms with E-state index in [1.165, 1.54) is 26.4 Å². The van der Waals surface area contributed by atoms with Gasteiger partial charge in [0.05, 0.1) is 6.21 Å². The molecule has 1 aromatic carbocycles. The molecule has 1 heterocycles. The van der Waals surface area contributed by atoms with Gasteiger partial charge in [-0.3, -0.25) is 18.7 Å². The van der Waals surface area contributed by atoms with Crippen LogP contribution >= 0.6 is 0 Å². The van der Waals surface area contributed by atoms with Gasteiger partial charge < -0.3 is 5.11 Å². The first kappa shape index (κ1) is 15.2. The minimum Gasteiger partial charge on any atom is -0.507 e. The molecule has 2 aromatic rings. The Kier molecular flexibility index (Phi) is 4.21. The van der Waals surface area contributed by atoms with Crippen LogP contribution in [0, 0.1) is 0 Å². The third-order valence-corrected chi connectivity index (χ3v) is 3.07.